The number of carbonyl (C=O) groups excluding carboxylic acids is 1. The molecule has 0 fully saturated rings. The van der Waals surface area contributed by atoms with Crippen molar-refractivity contribution in [2.24, 2.45) is 0 Å². The van der Waals surface area contributed by atoms with Gasteiger partial charge < -0.3 is 15.7 Å². The average molecular weight is 325 g/mol. The fraction of sp³-hybridized carbons (Fsp3) is 0.263. The van der Waals surface area contributed by atoms with E-state index < -0.39 is 0 Å². The molecule has 126 valence electrons. The standard InChI is InChI=1S/C19H23N3O2/c1-14(2)16-6-3-15(4-7-16)5-10-19(24)22-17-8-9-18(21-13-17)20-11-12-23/h3-10,13-14,23H,11-12H2,1-2H3,(H,20,21)(H,22,24)/b10-5+. The third-order valence-corrected chi connectivity index (χ3v) is 3.48. The highest BCUT2D eigenvalue weighted by Gasteiger charge is 2.00. The number of amides is 1. The van der Waals surface area contributed by atoms with Crippen molar-refractivity contribution < 1.29 is 9.90 Å². The van der Waals surface area contributed by atoms with Crippen LogP contribution in [-0.4, -0.2) is 29.1 Å². The molecule has 1 aromatic heterocycles. The van der Waals surface area contributed by atoms with Gasteiger partial charge >= 0.3 is 0 Å². The Labute approximate surface area is 142 Å². The third kappa shape index (κ3) is 5.52. The van der Waals surface area contributed by atoms with Gasteiger partial charge in [0.25, 0.3) is 0 Å². The highest BCUT2D eigenvalue weighted by Crippen LogP contribution is 2.15. The van der Waals surface area contributed by atoms with Crippen LogP contribution in [-0.2, 0) is 4.79 Å². The summed E-state index contributed by atoms with van der Waals surface area (Å²) in [6.07, 6.45) is 4.86. The van der Waals surface area contributed by atoms with E-state index in [0.29, 0.717) is 24.0 Å². The molecule has 5 heteroatoms. The molecular weight excluding hydrogens is 302 g/mol. The van der Waals surface area contributed by atoms with Crippen LogP contribution in [0.5, 0.6) is 0 Å². The van der Waals surface area contributed by atoms with Crippen molar-refractivity contribution in [3.05, 3.63) is 59.8 Å². The second-order valence-corrected chi connectivity index (χ2v) is 5.73. The van der Waals surface area contributed by atoms with Crippen LogP contribution in [0.1, 0.15) is 30.9 Å². The minimum Gasteiger partial charge on any atom is -0.395 e. The van der Waals surface area contributed by atoms with Gasteiger partial charge in [-0.15, -0.1) is 0 Å². The summed E-state index contributed by atoms with van der Waals surface area (Å²) < 4.78 is 0. The molecule has 1 aromatic carbocycles. The summed E-state index contributed by atoms with van der Waals surface area (Å²) >= 11 is 0. The van der Waals surface area contributed by atoms with Gasteiger partial charge in [-0.3, -0.25) is 4.79 Å². The minimum absolute atomic E-state index is 0.0448. The van der Waals surface area contributed by atoms with Gasteiger partial charge in [0.05, 0.1) is 18.5 Å². The van der Waals surface area contributed by atoms with E-state index in [-0.39, 0.29) is 12.5 Å². The lowest BCUT2D eigenvalue weighted by atomic mass is 10.0. The molecule has 0 aliphatic rings. The van der Waals surface area contributed by atoms with Crippen LogP contribution >= 0.6 is 0 Å². The molecular formula is C19H23N3O2. The number of aromatic nitrogens is 1. The average Bonchev–Trinajstić information content (AvgIpc) is 2.59. The lowest BCUT2D eigenvalue weighted by molar-refractivity contribution is -0.111. The molecule has 3 N–H and O–H groups in total. The fourth-order valence-electron chi connectivity index (χ4n) is 2.10. The number of hydrogen-bond acceptors (Lipinski definition) is 4. The molecule has 0 aliphatic heterocycles. The zero-order valence-corrected chi connectivity index (χ0v) is 14.0. The maximum absolute atomic E-state index is 11.9. The van der Waals surface area contributed by atoms with Gasteiger partial charge in [0, 0.05) is 12.6 Å². The van der Waals surface area contributed by atoms with Gasteiger partial charge in [0.2, 0.25) is 5.91 Å². The number of aliphatic hydroxyl groups is 1. The number of nitrogens with one attached hydrogen (secondary N) is 2. The predicted molar refractivity (Wildman–Crippen MR) is 98.0 cm³/mol. The molecule has 5 nitrogen and oxygen atoms in total. The van der Waals surface area contributed by atoms with E-state index in [2.05, 4.69) is 41.6 Å². The molecule has 0 saturated carbocycles. The van der Waals surface area contributed by atoms with Crippen molar-refractivity contribution in [2.75, 3.05) is 23.8 Å². The number of benzene rings is 1. The lowest BCUT2D eigenvalue weighted by Gasteiger charge is -2.06. The molecule has 2 rings (SSSR count). The summed E-state index contributed by atoms with van der Waals surface area (Å²) in [5.74, 6) is 0.942. The van der Waals surface area contributed by atoms with Crippen molar-refractivity contribution in [1.82, 2.24) is 4.98 Å². The first-order valence-corrected chi connectivity index (χ1v) is 7.98. The number of aliphatic hydroxyl groups excluding tert-OH is 1. The minimum atomic E-state index is -0.208. The van der Waals surface area contributed by atoms with Gasteiger partial charge in [0.15, 0.2) is 0 Å². The third-order valence-electron chi connectivity index (χ3n) is 3.48. The molecule has 0 saturated heterocycles. The number of anilines is 2. The number of nitrogens with zero attached hydrogens (tertiary/aromatic N) is 1. The molecule has 0 aliphatic carbocycles. The Bertz CT molecular complexity index is 677. The van der Waals surface area contributed by atoms with E-state index in [0.717, 1.165) is 5.56 Å². The molecule has 0 atom stereocenters. The molecule has 24 heavy (non-hydrogen) atoms. The Kier molecular flexibility index (Phi) is 6.51. The second-order valence-electron chi connectivity index (χ2n) is 5.73. The highest BCUT2D eigenvalue weighted by atomic mass is 16.3. The first-order valence-electron chi connectivity index (χ1n) is 7.98. The molecule has 0 bridgehead atoms. The van der Waals surface area contributed by atoms with E-state index in [4.69, 9.17) is 5.11 Å². The monoisotopic (exact) mass is 325 g/mol. The highest BCUT2D eigenvalue weighted by molar-refractivity contribution is 6.01. The number of hydrogen-bond donors (Lipinski definition) is 3. The van der Waals surface area contributed by atoms with E-state index in [1.165, 1.54) is 11.6 Å². The predicted octanol–water partition coefficient (Wildman–Crippen LogP) is 3.26. The number of pyridine rings is 1. The maximum atomic E-state index is 11.9. The van der Waals surface area contributed by atoms with Gasteiger partial charge in [-0.1, -0.05) is 38.1 Å². The second kappa shape index (κ2) is 8.84. The molecule has 1 amide bonds. The van der Waals surface area contributed by atoms with Crippen molar-refractivity contribution in [3.63, 3.8) is 0 Å². The molecule has 2 aromatic rings. The Morgan fingerprint density at radius 1 is 1.21 bits per heavy atom. The SMILES string of the molecule is CC(C)c1ccc(/C=C/C(=O)Nc2ccc(NCCO)nc2)cc1. The summed E-state index contributed by atoms with van der Waals surface area (Å²) in [4.78, 5) is 16.1. The van der Waals surface area contributed by atoms with Gasteiger partial charge in [-0.2, -0.15) is 0 Å². The van der Waals surface area contributed by atoms with Gasteiger partial charge in [0.1, 0.15) is 5.82 Å². The number of carbonyl (C=O) groups is 1. The van der Waals surface area contributed by atoms with E-state index in [9.17, 15) is 4.79 Å². The van der Waals surface area contributed by atoms with Crippen molar-refractivity contribution in [3.8, 4) is 0 Å². The zero-order chi connectivity index (χ0) is 17.4. The van der Waals surface area contributed by atoms with Crippen LogP contribution in [0.15, 0.2) is 48.7 Å². The summed E-state index contributed by atoms with van der Waals surface area (Å²) in [5, 5.41) is 14.4. The zero-order valence-electron chi connectivity index (χ0n) is 14.0. The number of rotatable bonds is 7. The summed E-state index contributed by atoms with van der Waals surface area (Å²) in [7, 11) is 0. The van der Waals surface area contributed by atoms with Gasteiger partial charge in [-0.05, 0) is 35.3 Å². The van der Waals surface area contributed by atoms with Crippen molar-refractivity contribution >= 4 is 23.5 Å². The van der Waals surface area contributed by atoms with Gasteiger partial charge in [-0.25, -0.2) is 4.98 Å². The largest absolute Gasteiger partial charge is 0.395 e. The summed E-state index contributed by atoms with van der Waals surface area (Å²) in [6.45, 7) is 4.79. The Hall–Kier alpha value is -2.66. The van der Waals surface area contributed by atoms with Crippen molar-refractivity contribution in [1.29, 1.82) is 0 Å². The molecule has 0 radical (unpaired) electrons. The maximum Gasteiger partial charge on any atom is 0.248 e. The van der Waals surface area contributed by atoms with E-state index in [1.807, 2.05) is 12.1 Å². The summed E-state index contributed by atoms with van der Waals surface area (Å²) in [6, 6.07) is 11.7. The molecule has 0 spiro atoms. The van der Waals surface area contributed by atoms with Crippen LogP contribution in [0.3, 0.4) is 0 Å². The van der Waals surface area contributed by atoms with Crippen LogP contribution in [0, 0.1) is 0 Å². The van der Waals surface area contributed by atoms with Crippen LogP contribution < -0.4 is 10.6 Å². The Morgan fingerprint density at radius 2 is 1.96 bits per heavy atom. The Morgan fingerprint density at radius 3 is 2.54 bits per heavy atom. The van der Waals surface area contributed by atoms with Crippen LogP contribution in [0.25, 0.3) is 6.08 Å². The quantitative estimate of drug-likeness (QED) is 0.683. The first-order chi connectivity index (χ1) is 11.6. The first kappa shape index (κ1) is 17.7. The van der Waals surface area contributed by atoms with E-state index >= 15 is 0 Å². The Balaban J connectivity index is 1.90. The van der Waals surface area contributed by atoms with E-state index in [1.54, 1.807) is 24.4 Å². The lowest BCUT2D eigenvalue weighted by Crippen LogP contribution is -2.09. The smallest absolute Gasteiger partial charge is 0.248 e. The van der Waals surface area contributed by atoms with Crippen LogP contribution in [0.4, 0.5) is 11.5 Å². The fourth-order valence-corrected chi connectivity index (χ4v) is 2.10. The van der Waals surface area contributed by atoms with Crippen LogP contribution in [0.2, 0.25) is 0 Å². The molecule has 0 unspecified atom stereocenters. The molecule has 1 heterocycles. The normalized spacial score (nSPS) is 11.0. The summed E-state index contributed by atoms with van der Waals surface area (Å²) in [5.41, 5.74) is 2.88. The van der Waals surface area contributed by atoms with Crippen molar-refractivity contribution in [2.45, 2.75) is 19.8 Å². The topological polar surface area (TPSA) is 74.2 Å².